The van der Waals surface area contributed by atoms with Crippen LogP contribution in [0.5, 0.6) is 0 Å². The molecule has 0 amide bonds. The maximum Gasteiger partial charge on any atom is 0.256 e. The first kappa shape index (κ1) is 11.9. The van der Waals surface area contributed by atoms with Crippen molar-refractivity contribution in [2.75, 3.05) is 18.1 Å². The Balaban J connectivity index is 1.60. The Morgan fingerprint density at radius 2 is 2.39 bits per heavy atom. The van der Waals surface area contributed by atoms with Crippen LogP contribution in [0.3, 0.4) is 0 Å². The molecule has 0 spiro atoms. The molecule has 4 nitrogen and oxygen atoms in total. The summed E-state index contributed by atoms with van der Waals surface area (Å²) in [7, 11) is 0. The summed E-state index contributed by atoms with van der Waals surface area (Å²) in [5, 5.41) is 0.716. The van der Waals surface area contributed by atoms with Crippen molar-refractivity contribution in [1.82, 2.24) is 4.98 Å². The number of aromatic nitrogens is 1. The van der Waals surface area contributed by atoms with Gasteiger partial charge in [0.15, 0.2) is 5.58 Å². The molecule has 2 heterocycles. The molecular weight excluding hydrogens is 248 g/mol. The van der Waals surface area contributed by atoms with Gasteiger partial charge in [0, 0.05) is 24.1 Å². The van der Waals surface area contributed by atoms with Gasteiger partial charge in [0.25, 0.3) is 5.22 Å². The van der Waals surface area contributed by atoms with Gasteiger partial charge in [0.1, 0.15) is 5.52 Å². The molecule has 1 aromatic heterocycles. The fraction of sp³-hybridized carbons (Fsp3) is 0.462. The van der Waals surface area contributed by atoms with E-state index in [1.807, 2.05) is 18.2 Å². The van der Waals surface area contributed by atoms with Crippen molar-refractivity contribution in [3.05, 3.63) is 18.2 Å². The number of rotatable bonds is 4. The van der Waals surface area contributed by atoms with Crippen molar-refractivity contribution < 1.29 is 9.15 Å². The lowest BCUT2D eigenvalue weighted by molar-refractivity contribution is 0.109. The minimum Gasteiger partial charge on any atom is -0.431 e. The molecule has 1 aromatic carbocycles. The molecule has 1 atom stereocenters. The number of anilines is 1. The molecule has 2 N–H and O–H groups in total. The van der Waals surface area contributed by atoms with E-state index in [-0.39, 0.29) is 0 Å². The van der Waals surface area contributed by atoms with Crippen LogP contribution in [0.2, 0.25) is 0 Å². The Bertz CT molecular complexity index is 535. The summed E-state index contributed by atoms with van der Waals surface area (Å²) in [5.41, 5.74) is 8.03. The standard InChI is InChI=1S/C13H16N2O2S/c14-9-3-4-11-12(8-9)17-13(15-11)18-7-5-10-2-1-6-16-10/h3-4,8,10H,1-2,5-7,14H2. The zero-order valence-electron chi connectivity index (χ0n) is 10.1. The molecule has 0 bridgehead atoms. The second-order valence-electron chi connectivity index (χ2n) is 4.48. The van der Waals surface area contributed by atoms with Crippen LogP contribution >= 0.6 is 11.8 Å². The van der Waals surface area contributed by atoms with Gasteiger partial charge in [-0.2, -0.15) is 0 Å². The van der Waals surface area contributed by atoms with Gasteiger partial charge in [0.05, 0.1) is 6.10 Å². The number of hydrogen-bond donors (Lipinski definition) is 1. The summed E-state index contributed by atoms with van der Waals surface area (Å²) in [4.78, 5) is 4.42. The van der Waals surface area contributed by atoms with Crippen LogP contribution in [0.4, 0.5) is 5.69 Å². The smallest absolute Gasteiger partial charge is 0.256 e. The van der Waals surface area contributed by atoms with Crippen LogP contribution in [0, 0.1) is 0 Å². The molecule has 18 heavy (non-hydrogen) atoms. The number of nitrogens with zero attached hydrogens (tertiary/aromatic N) is 1. The van der Waals surface area contributed by atoms with Crippen LogP contribution in [-0.2, 0) is 4.74 Å². The maximum absolute atomic E-state index is 5.70. The molecule has 0 aliphatic carbocycles. The van der Waals surface area contributed by atoms with E-state index in [4.69, 9.17) is 14.9 Å². The molecule has 0 radical (unpaired) electrons. The first-order chi connectivity index (χ1) is 8.81. The highest BCUT2D eigenvalue weighted by molar-refractivity contribution is 7.99. The Hall–Kier alpha value is -1.20. The van der Waals surface area contributed by atoms with E-state index in [2.05, 4.69) is 4.98 Å². The summed E-state index contributed by atoms with van der Waals surface area (Å²) in [6.07, 6.45) is 3.87. The molecule has 96 valence electrons. The van der Waals surface area contributed by atoms with Gasteiger partial charge in [-0.1, -0.05) is 11.8 Å². The van der Waals surface area contributed by atoms with Crippen LogP contribution < -0.4 is 5.73 Å². The molecule has 1 aliphatic heterocycles. The Kier molecular flexibility index (Phi) is 3.43. The fourth-order valence-corrected chi connectivity index (χ4v) is 3.00. The van der Waals surface area contributed by atoms with E-state index in [1.54, 1.807) is 11.8 Å². The summed E-state index contributed by atoms with van der Waals surface area (Å²) < 4.78 is 11.2. The van der Waals surface area contributed by atoms with E-state index >= 15 is 0 Å². The number of nitrogens with two attached hydrogens (primary N) is 1. The maximum atomic E-state index is 5.70. The van der Waals surface area contributed by atoms with Crippen molar-refractivity contribution in [3.63, 3.8) is 0 Å². The molecule has 1 aliphatic rings. The molecule has 0 saturated carbocycles. The minimum absolute atomic E-state index is 0.428. The van der Waals surface area contributed by atoms with Gasteiger partial charge >= 0.3 is 0 Å². The first-order valence-corrected chi connectivity index (χ1v) is 7.20. The third-order valence-corrected chi connectivity index (χ3v) is 3.94. The van der Waals surface area contributed by atoms with Crippen LogP contribution in [0.25, 0.3) is 11.1 Å². The Morgan fingerprint density at radius 3 is 3.22 bits per heavy atom. The number of fused-ring (bicyclic) bond motifs is 1. The number of benzene rings is 1. The summed E-state index contributed by atoms with van der Waals surface area (Å²) >= 11 is 1.64. The molecule has 1 saturated heterocycles. The van der Waals surface area contributed by atoms with Crippen LogP contribution in [0.1, 0.15) is 19.3 Å². The SMILES string of the molecule is Nc1ccc2nc(SCCC3CCCO3)oc2c1. The second-order valence-corrected chi connectivity index (χ2v) is 5.53. The Morgan fingerprint density at radius 1 is 1.44 bits per heavy atom. The summed E-state index contributed by atoms with van der Waals surface area (Å²) in [5.74, 6) is 0.979. The molecular formula is C13H16N2O2S. The summed E-state index contributed by atoms with van der Waals surface area (Å²) in [6.45, 7) is 0.914. The Labute approximate surface area is 110 Å². The van der Waals surface area contributed by atoms with Crippen molar-refractivity contribution >= 4 is 28.5 Å². The highest BCUT2D eigenvalue weighted by Gasteiger charge is 2.15. The van der Waals surface area contributed by atoms with Crippen molar-refractivity contribution in [2.24, 2.45) is 0 Å². The lowest BCUT2D eigenvalue weighted by Crippen LogP contribution is -2.05. The van der Waals surface area contributed by atoms with Gasteiger partial charge in [0.2, 0.25) is 0 Å². The molecule has 3 rings (SSSR count). The van der Waals surface area contributed by atoms with E-state index in [1.165, 1.54) is 12.8 Å². The van der Waals surface area contributed by atoms with Crippen molar-refractivity contribution in [1.29, 1.82) is 0 Å². The topological polar surface area (TPSA) is 61.3 Å². The van der Waals surface area contributed by atoms with Gasteiger partial charge < -0.3 is 14.9 Å². The third kappa shape index (κ3) is 2.62. The number of nitrogen functional groups attached to an aromatic ring is 1. The third-order valence-electron chi connectivity index (χ3n) is 3.08. The lowest BCUT2D eigenvalue weighted by Gasteiger charge is -2.06. The van der Waals surface area contributed by atoms with Gasteiger partial charge in [-0.25, -0.2) is 4.98 Å². The molecule has 2 aromatic rings. The highest BCUT2D eigenvalue weighted by atomic mass is 32.2. The first-order valence-electron chi connectivity index (χ1n) is 6.22. The zero-order valence-corrected chi connectivity index (χ0v) is 10.9. The highest BCUT2D eigenvalue weighted by Crippen LogP contribution is 2.26. The predicted molar refractivity (Wildman–Crippen MR) is 72.7 cm³/mol. The normalized spacial score (nSPS) is 19.7. The van der Waals surface area contributed by atoms with Gasteiger partial charge in [-0.15, -0.1) is 0 Å². The van der Waals surface area contributed by atoms with Crippen molar-refractivity contribution in [3.8, 4) is 0 Å². The van der Waals surface area contributed by atoms with Gasteiger partial charge in [-0.3, -0.25) is 0 Å². The van der Waals surface area contributed by atoms with Crippen molar-refractivity contribution in [2.45, 2.75) is 30.6 Å². The minimum atomic E-state index is 0.428. The second kappa shape index (κ2) is 5.20. The average Bonchev–Trinajstić information content (AvgIpc) is 2.97. The van der Waals surface area contributed by atoms with Crippen LogP contribution in [0.15, 0.2) is 27.8 Å². The van der Waals surface area contributed by atoms with E-state index in [0.29, 0.717) is 17.0 Å². The van der Waals surface area contributed by atoms with Gasteiger partial charge in [-0.05, 0) is 31.4 Å². The molecule has 1 fully saturated rings. The zero-order chi connectivity index (χ0) is 12.4. The molecule has 1 unspecified atom stereocenters. The quantitative estimate of drug-likeness (QED) is 0.679. The lowest BCUT2D eigenvalue weighted by atomic mass is 10.2. The number of thioether (sulfide) groups is 1. The fourth-order valence-electron chi connectivity index (χ4n) is 2.13. The van der Waals surface area contributed by atoms with E-state index in [9.17, 15) is 0 Å². The predicted octanol–water partition coefficient (Wildman–Crippen LogP) is 3.07. The monoisotopic (exact) mass is 264 g/mol. The van der Waals surface area contributed by atoms with E-state index in [0.717, 1.165) is 29.9 Å². The number of oxazole rings is 1. The average molecular weight is 264 g/mol. The number of ether oxygens (including phenoxy) is 1. The van der Waals surface area contributed by atoms with E-state index < -0.39 is 0 Å². The largest absolute Gasteiger partial charge is 0.431 e. The molecule has 5 heteroatoms. The summed E-state index contributed by atoms with van der Waals surface area (Å²) in [6, 6.07) is 5.54. The number of hydrogen-bond acceptors (Lipinski definition) is 5. The van der Waals surface area contributed by atoms with Crippen LogP contribution in [-0.4, -0.2) is 23.4 Å².